The van der Waals surface area contributed by atoms with E-state index in [1.807, 2.05) is 43.3 Å². The smallest absolute Gasteiger partial charge is 0.179 e. The number of hydrogen-bond donors (Lipinski definition) is 1. The molecule has 0 aliphatic rings. The third kappa shape index (κ3) is 5.22. The van der Waals surface area contributed by atoms with Gasteiger partial charge in [-0.2, -0.15) is 0 Å². The van der Waals surface area contributed by atoms with E-state index in [1.54, 1.807) is 0 Å². The number of nitrogens with one attached hydrogen (secondary N) is 1. The molecule has 0 unspecified atom stereocenters. The molecule has 0 spiro atoms. The van der Waals surface area contributed by atoms with E-state index in [0.29, 0.717) is 36.3 Å². The van der Waals surface area contributed by atoms with Crippen molar-refractivity contribution in [1.82, 2.24) is 0 Å². The second-order valence-electron chi connectivity index (χ2n) is 5.05. The van der Waals surface area contributed by atoms with Gasteiger partial charge in [0.05, 0.1) is 18.2 Å². The summed E-state index contributed by atoms with van der Waals surface area (Å²) < 4.78 is 11.4. The number of ether oxygens (including phenoxy) is 2. The largest absolute Gasteiger partial charge is 0.490 e. The molecule has 0 amide bonds. The highest BCUT2D eigenvalue weighted by Crippen LogP contribution is 2.37. The normalized spacial score (nSPS) is 10.4. The Hall–Kier alpha value is -1.58. The van der Waals surface area contributed by atoms with Crippen molar-refractivity contribution in [2.45, 2.75) is 26.8 Å². The molecule has 0 bridgehead atoms. The maximum absolute atomic E-state index is 6.36. The molecule has 0 heterocycles. The van der Waals surface area contributed by atoms with Crippen molar-refractivity contribution < 1.29 is 9.47 Å². The van der Waals surface area contributed by atoms with Crippen LogP contribution in [0.25, 0.3) is 0 Å². The van der Waals surface area contributed by atoms with Crippen LogP contribution < -0.4 is 14.8 Å². The molecule has 0 aliphatic heterocycles. The first kappa shape index (κ1) is 17.8. The summed E-state index contributed by atoms with van der Waals surface area (Å²) in [5, 5.41) is 4.62. The fraction of sp³-hybridized carbons (Fsp3) is 0.333. The summed E-state index contributed by atoms with van der Waals surface area (Å²) in [5.74, 6) is 1.30. The Morgan fingerprint density at radius 3 is 2.39 bits per heavy atom. The molecule has 2 rings (SSSR count). The van der Waals surface area contributed by atoms with Crippen molar-refractivity contribution in [1.29, 1.82) is 0 Å². The van der Waals surface area contributed by atoms with Crippen molar-refractivity contribution in [2.75, 3.05) is 18.5 Å². The topological polar surface area (TPSA) is 30.5 Å². The Labute approximate surface area is 147 Å². The predicted molar refractivity (Wildman–Crippen MR) is 97.2 cm³/mol. The molecule has 0 radical (unpaired) electrons. The zero-order valence-corrected chi connectivity index (χ0v) is 14.9. The van der Waals surface area contributed by atoms with Crippen molar-refractivity contribution in [3.05, 3.63) is 52.0 Å². The first-order valence-corrected chi connectivity index (χ1v) is 8.47. The molecular formula is C18H21Cl2NO2. The molecular weight excluding hydrogens is 333 g/mol. The van der Waals surface area contributed by atoms with Crippen LogP contribution in [0.15, 0.2) is 36.4 Å². The molecule has 0 aromatic heterocycles. The minimum atomic E-state index is 0.562. The lowest BCUT2D eigenvalue weighted by atomic mass is 10.2. The first-order valence-electron chi connectivity index (χ1n) is 7.71. The van der Waals surface area contributed by atoms with E-state index in [4.69, 9.17) is 32.7 Å². The lowest BCUT2D eigenvalue weighted by Gasteiger charge is -2.15. The van der Waals surface area contributed by atoms with Crippen LogP contribution in [0.4, 0.5) is 5.69 Å². The zero-order valence-electron chi connectivity index (χ0n) is 13.4. The maximum atomic E-state index is 6.36. The molecule has 3 nitrogen and oxygen atoms in total. The summed E-state index contributed by atoms with van der Waals surface area (Å²) in [6.45, 7) is 5.80. The van der Waals surface area contributed by atoms with Gasteiger partial charge in [0.1, 0.15) is 0 Å². The Balaban J connectivity index is 2.13. The molecule has 2 aromatic rings. The summed E-state index contributed by atoms with van der Waals surface area (Å²) >= 11 is 12.2. The zero-order chi connectivity index (χ0) is 16.7. The number of rotatable bonds is 8. The van der Waals surface area contributed by atoms with Crippen LogP contribution in [0, 0.1) is 0 Å². The number of benzene rings is 2. The van der Waals surface area contributed by atoms with Gasteiger partial charge in [-0.25, -0.2) is 0 Å². The van der Waals surface area contributed by atoms with Crippen molar-refractivity contribution in [3.63, 3.8) is 0 Å². The molecule has 0 atom stereocenters. The fourth-order valence-electron chi connectivity index (χ4n) is 2.10. The van der Waals surface area contributed by atoms with Crippen LogP contribution >= 0.6 is 23.2 Å². The van der Waals surface area contributed by atoms with E-state index in [2.05, 4.69) is 12.2 Å². The van der Waals surface area contributed by atoms with Crippen molar-refractivity contribution >= 4 is 28.9 Å². The van der Waals surface area contributed by atoms with Gasteiger partial charge in [-0.1, -0.05) is 30.1 Å². The third-order valence-electron chi connectivity index (χ3n) is 3.16. The van der Waals surface area contributed by atoms with Gasteiger partial charge in [-0.15, -0.1) is 0 Å². The number of anilines is 1. The van der Waals surface area contributed by atoms with E-state index in [9.17, 15) is 0 Å². The van der Waals surface area contributed by atoms with E-state index in [-0.39, 0.29) is 0 Å². The highest BCUT2D eigenvalue weighted by molar-refractivity contribution is 6.32. The highest BCUT2D eigenvalue weighted by Gasteiger charge is 2.12. The minimum Gasteiger partial charge on any atom is -0.490 e. The van der Waals surface area contributed by atoms with Gasteiger partial charge in [0.25, 0.3) is 0 Å². The Kier molecular flexibility index (Phi) is 6.87. The molecule has 23 heavy (non-hydrogen) atoms. The lowest BCUT2D eigenvalue weighted by Crippen LogP contribution is -2.04. The van der Waals surface area contributed by atoms with Crippen LogP contribution in [-0.4, -0.2) is 13.2 Å². The van der Waals surface area contributed by atoms with Crippen LogP contribution in [0.5, 0.6) is 11.5 Å². The second-order valence-corrected chi connectivity index (χ2v) is 5.89. The lowest BCUT2D eigenvalue weighted by molar-refractivity contribution is 0.277. The second kappa shape index (κ2) is 8.90. The van der Waals surface area contributed by atoms with Gasteiger partial charge in [-0.3, -0.25) is 0 Å². The molecule has 124 valence electrons. The van der Waals surface area contributed by atoms with Gasteiger partial charge in [0.15, 0.2) is 11.5 Å². The number of hydrogen-bond acceptors (Lipinski definition) is 3. The SMILES string of the molecule is CCCOc1c(Cl)cc(CNc2ccc(Cl)cc2)cc1OCC. The van der Waals surface area contributed by atoms with Crippen molar-refractivity contribution in [2.24, 2.45) is 0 Å². The maximum Gasteiger partial charge on any atom is 0.179 e. The van der Waals surface area contributed by atoms with E-state index >= 15 is 0 Å². The summed E-state index contributed by atoms with van der Waals surface area (Å²) in [7, 11) is 0. The minimum absolute atomic E-state index is 0.562. The highest BCUT2D eigenvalue weighted by atomic mass is 35.5. The van der Waals surface area contributed by atoms with Crippen LogP contribution in [0.1, 0.15) is 25.8 Å². The standard InChI is InChI=1S/C18H21Cl2NO2/c1-3-9-23-18-16(20)10-13(11-17(18)22-4-2)12-21-15-7-5-14(19)6-8-15/h5-8,10-11,21H,3-4,9,12H2,1-2H3. The van der Waals surface area contributed by atoms with Gasteiger partial charge >= 0.3 is 0 Å². The molecule has 5 heteroatoms. The fourth-order valence-corrected chi connectivity index (χ4v) is 2.52. The van der Waals surface area contributed by atoms with E-state index in [0.717, 1.165) is 22.7 Å². The van der Waals surface area contributed by atoms with E-state index < -0.39 is 0 Å². The van der Waals surface area contributed by atoms with Crippen LogP contribution in [0.3, 0.4) is 0 Å². The molecule has 2 aromatic carbocycles. The van der Waals surface area contributed by atoms with Gasteiger partial charge in [-0.05, 0) is 55.3 Å². The molecule has 0 fully saturated rings. The molecule has 0 aliphatic carbocycles. The average Bonchev–Trinajstić information content (AvgIpc) is 2.54. The molecule has 0 saturated carbocycles. The summed E-state index contributed by atoms with van der Waals surface area (Å²) in [4.78, 5) is 0. The Morgan fingerprint density at radius 2 is 1.74 bits per heavy atom. The van der Waals surface area contributed by atoms with Gasteiger partial charge in [0, 0.05) is 17.3 Å². The molecule has 1 N–H and O–H groups in total. The quantitative estimate of drug-likeness (QED) is 0.651. The summed E-state index contributed by atoms with van der Waals surface area (Å²) in [6, 6.07) is 11.4. The Morgan fingerprint density at radius 1 is 1.00 bits per heavy atom. The average molecular weight is 354 g/mol. The van der Waals surface area contributed by atoms with Crippen LogP contribution in [0.2, 0.25) is 10.0 Å². The van der Waals surface area contributed by atoms with E-state index in [1.165, 1.54) is 0 Å². The van der Waals surface area contributed by atoms with Gasteiger partial charge in [0.2, 0.25) is 0 Å². The summed E-state index contributed by atoms with van der Waals surface area (Å²) in [6.07, 6.45) is 0.918. The number of halogens is 2. The molecule has 0 saturated heterocycles. The predicted octanol–water partition coefficient (Wildman–Crippen LogP) is 5.79. The third-order valence-corrected chi connectivity index (χ3v) is 3.69. The first-order chi connectivity index (χ1) is 11.1. The van der Waals surface area contributed by atoms with Crippen LogP contribution in [-0.2, 0) is 6.54 Å². The summed E-state index contributed by atoms with van der Waals surface area (Å²) in [5.41, 5.74) is 2.02. The van der Waals surface area contributed by atoms with Crippen molar-refractivity contribution in [3.8, 4) is 11.5 Å². The Bertz CT molecular complexity index is 630. The monoisotopic (exact) mass is 353 g/mol. The van der Waals surface area contributed by atoms with Gasteiger partial charge < -0.3 is 14.8 Å².